The number of benzene rings is 1. The standard InChI is InChI=1S/C13H18ClN3O3/c1-4-16(5-2)12(18)9-15(3)11-8-6-7-10(14)13(11)17(19)20/h6-8H,4-5,9H2,1-3H3. The topological polar surface area (TPSA) is 66.7 Å². The molecule has 0 aliphatic carbocycles. The molecular formula is C13H18ClN3O3. The summed E-state index contributed by atoms with van der Waals surface area (Å²) in [5, 5.41) is 11.1. The molecule has 0 saturated heterocycles. The van der Waals surface area contributed by atoms with Crippen LogP contribution in [0.25, 0.3) is 0 Å². The van der Waals surface area contributed by atoms with Crippen molar-refractivity contribution in [3.8, 4) is 0 Å². The summed E-state index contributed by atoms with van der Waals surface area (Å²) < 4.78 is 0. The van der Waals surface area contributed by atoms with E-state index in [1.54, 1.807) is 29.0 Å². The van der Waals surface area contributed by atoms with E-state index in [0.717, 1.165) is 0 Å². The number of carbonyl (C=O) groups is 1. The van der Waals surface area contributed by atoms with Crippen molar-refractivity contribution in [1.29, 1.82) is 0 Å². The van der Waals surface area contributed by atoms with Crippen LogP contribution in [0.3, 0.4) is 0 Å². The van der Waals surface area contributed by atoms with Crippen molar-refractivity contribution in [2.45, 2.75) is 13.8 Å². The molecule has 1 rings (SSSR count). The number of para-hydroxylation sites is 1. The van der Waals surface area contributed by atoms with Gasteiger partial charge in [-0.05, 0) is 26.0 Å². The lowest BCUT2D eigenvalue weighted by molar-refractivity contribution is -0.384. The smallest absolute Gasteiger partial charge is 0.310 e. The molecule has 0 saturated carbocycles. The molecule has 0 fully saturated rings. The van der Waals surface area contributed by atoms with Gasteiger partial charge in [0.2, 0.25) is 5.91 Å². The van der Waals surface area contributed by atoms with Crippen molar-refractivity contribution in [2.24, 2.45) is 0 Å². The van der Waals surface area contributed by atoms with Gasteiger partial charge in [0.1, 0.15) is 10.7 Å². The summed E-state index contributed by atoms with van der Waals surface area (Å²) in [6.45, 7) is 5.08. The molecule has 1 aromatic carbocycles. The molecule has 0 aromatic heterocycles. The maximum Gasteiger partial charge on any atom is 0.310 e. The maximum atomic E-state index is 12.0. The van der Waals surface area contributed by atoms with Crippen molar-refractivity contribution in [1.82, 2.24) is 4.90 Å². The Kier molecular flexibility index (Phi) is 5.76. The fraction of sp³-hybridized carbons (Fsp3) is 0.462. The van der Waals surface area contributed by atoms with E-state index in [9.17, 15) is 14.9 Å². The second-order valence-corrected chi connectivity index (χ2v) is 4.69. The summed E-state index contributed by atoms with van der Waals surface area (Å²) in [5.41, 5.74) is 0.159. The van der Waals surface area contributed by atoms with Gasteiger partial charge in [-0.1, -0.05) is 17.7 Å². The summed E-state index contributed by atoms with van der Waals surface area (Å²) in [5.74, 6) is -0.0771. The van der Waals surface area contributed by atoms with E-state index in [1.807, 2.05) is 13.8 Å². The SMILES string of the molecule is CCN(CC)C(=O)CN(C)c1cccc(Cl)c1[N+](=O)[O-]. The Hall–Kier alpha value is -1.82. The van der Waals surface area contributed by atoms with Crippen LogP contribution in [0.15, 0.2) is 18.2 Å². The van der Waals surface area contributed by atoms with Gasteiger partial charge in [0.25, 0.3) is 0 Å². The first kappa shape index (κ1) is 16.2. The van der Waals surface area contributed by atoms with Crippen LogP contribution in [-0.4, -0.2) is 42.4 Å². The number of nitro benzene ring substituents is 1. The molecule has 1 amide bonds. The lowest BCUT2D eigenvalue weighted by Crippen LogP contribution is -2.39. The number of rotatable bonds is 6. The van der Waals surface area contributed by atoms with Crippen LogP contribution in [0.1, 0.15) is 13.8 Å². The first-order chi connectivity index (χ1) is 9.42. The molecule has 0 spiro atoms. The largest absolute Gasteiger partial charge is 0.360 e. The molecule has 110 valence electrons. The lowest BCUT2D eigenvalue weighted by atomic mass is 10.2. The summed E-state index contributed by atoms with van der Waals surface area (Å²) in [4.78, 5) is 25.8. The van der Waals surface area contributed by atoms with Gasteiger partial charge in [0, 0.05) is 20.1 Å². The van der Waals surface area contributed by atoms with Crippen LogP contribution in [0.4, 0.5) is 11.4 Å². The van der Waals surface area contributed by atoms with E-state index < -0.39 is 4.92 Å². The van der Waals surface area contributed by atoms with Crippen molar-refractivity contribution in [3.05, 3.63) is 33.3 Å². The highest BCUT2D eigenvalue weighted by Gasteiger charge is 2.23. The Morgan fingerprint density at radius 2 is 1.95 bits per heavy atom. The Morgan fingerprint density at radius 3 is 2.45 bits per heavy atom. The number of carbonyl (C=O) groups excluding carboxylic acids is 1. The van der Waals surface area contributed by atoms with E-state index in [0.29, 0.717) is 18.8 Å². The zero-order valence-corrected chi connectivity index (χ0v) is 12.6. The predicted molar refractivity (Wildman–Crippen MR) is 79.3 cm³/mol. The Morgan fingerprint density at radius 1 is 1.35 bits per heavy atom. The number of likely N-dealkylation sites (N-methyl/N-ethyl adjacent to an activating group) is 2. The van der Waals surface area contributed by atoms with Crippen LogP contribution in [0.5, 0.6) is 0 Å². The van der Waals surface area contributed by atoms with Crippen LogP contribution in [0, 0.1) is 10.1 Å². The number of nitrogens with zero attached hydrogens (tertiary/aromatic N) is 3. The van der Waals surface area contributed by atoms with Crippen molar-refractivity contribution in [2.75, 3.05) is 31.6 Å². The van der Waals surface area contributed by atoms with Crippen LogP contribution < -0.4 is 4.90 Å². The Balaban J connectivity index is 2.99. The molecule has 0 N–H and O–H groups in total. The van der Waals surface area contributed by atoms with Crippen molar-refractivity contribution in [3.63, 3.8) is 0 Å². The van der Waals surface area contributed by atoms with Crippen molar-refractivity contribution < 1.29 is 9.72 Å². The van der Waals surface area contributed by atoms with Crippen LogP contribution >= 0.6 is 11.6 Å². The minimum Gasteiger partial charge on any atom is -0.360 e. The van der Waals surface area contributed by atoms with E-state index in [-0.39, 0.29) is 23.2 Å². The summed E-state index contributed by atoms with van der Waals surface area (Å²) in [7, 11) is 1.64. The molecule has 1 aromatic rings. The molecule has 0 bridgehead atoms. The van der Waals surface area contributed by atoms with Gasteiger partial charge in [-0.2, -0.15) is 0 Å². The summed E-state index contributed by atoms with van der Waals surface area (Å²) in [6.07, 6.45) is 0. The van der Waals surface area contributed by atoms with E-state index in [1.165, 1.54) is 6.07 Å². The van der Waals surface area contributed by atoms with Gasteiger partial charge in [0.15, 0.2) is 0 Å². The molecule has 0 radical (unpaired) electrons. The molecule has 0 aliphatic rings. The Bertz CT molecular complexity index is 504. The first-order valence-corrected chi connectivity index (χ1v) is 6.71. The van der Waals surface area contributed by atoms with Gasteiger partial charge >= 0.3 is 5.69 Å². The fourth-order valence-corrected chi connectivity index (χ4v) is 2.20. The third-order valence-corrected chi connectivity index (χ3v) is 3.35. The monoisotopic (exact) mass is 299 g/mol. The number of amides is 1. The van der Waals surface area contributed by atoms with Gasteiger partial charge in [-0.25, -0.2) is 0 Å². The molecule has 0 unspecified atom stereocenters. The fourth-order valence-electron chi connectivity index (χ4n) is 1.96. The zero-order chi connectivity index (χ0) is 15.3. The van der Waals surface area contributed by atoms with Gasteiger partial charge in [-0.3, -0.25) is 14.9 Å². The Labute approximate surface area is 123 Å². The average Bonchev–Trinajstić information content (AvgIpc) is 2.39. The van der Waals surface area contributed by atoms with Crippen LogP contribution in [-0.2, 0) is 4.79 Å². The quantitative estimate of drug-likeness (QED) is 0.598. The summed E-state index contributed by atoms with van der Waals surface area (Å²) >= 11 is 5.86. The number of hydrogen-bond acceptors (Lipinski definition) is 4. The minimum absolute atomic E-state index is 0.0645. The van der Waals surface area contributed by atoms with Gasteiger partial charge in [-0.15, -0.1) is 0 Å². The minimum atomic E-state index is -0.532. The molecular weight excluding hydrogens is 282 g/mol. The second kappa shape index (κ2) is 7.09. The number of hydrogen-bond donors (Lipinski definition) is 0. The van der Waals surface area contributed by atoms with Gasteiger partial charge in [0.05, 0.1) is 11.5 Å². The normalized spacial score (nSPS) is 10.2. The second-order valence-electron chi connectivity index (χ2n) is 4.29. The molecule has 7 heteroatoms. The van der Waals surface area contributed by atoms with Crippen LogP contribution in [0.2, 0.25) is 5.02 Å². The summed E-state index contributed by atoms with van der Waals surface area (Å²) in [6, 6.07) is 4.67. The van der Waals surface area contributed by atoms with E-state index >= 15 is 0 Å². The highest BCUT2D eigenvalue weighted by Crippen LogP contribution is 2.34. The van der Waals surface area contributed by atoms with E-state index in [2.05, 4.69) is 0 Å². The lowest BCUT2D eigenvalue weighted by Gasteiger charge is -2.24. The molecule has 20 heavy (non-hydrogen) atoms. The maximum absolute atomic E-state index is 12.0. The highest BCUT2D eigenvalue weighted by atomic mass is 35.5. The van der Waals surface area contributed by atoms with Gasteiger partial charge < -0.3 is 9.80 Å². The molecule has 6 nitrogen and oxygen atoms in total. The zero-order valence-electron chi connectivity index (χ0n) is 11.8. The molecule has 0 aliphatic heterocycles. The van der Waals surface area contributed by atoms with E-state index in [4.69, 9.17) is 11.6 Å². The average molecular weight is 300 g/mol. The third kappa shape index (κ3) is 3.60. The first-order valence-electron chi connectivity index (χ1n) is 6.34. The highest BCUT2D eigenvalue weighted by molar-refractivity contribution is 6.33. The molecule has 0 heterocycles. The molecule has 0 atom stereocenters. The predicted octanol–water partition coefficient (Wildman–Crippen LogP) is 2.55. The third-order valence-electron chi connectivity index (χ3n) is 3.05. The number of nitro groups is 1. The number of halogens is 1. The van der Waals surface area contributed by atoms with Crippen molar-refractivity contribution >= 4 is 28.9 Å². The number of anilines is 1.